The van der Waals surface area contributed by atoms with Crippen molar-refractivity contribution >= 4 is 5.96 Å². The molecule has 2 aliphatic rings. The third-order valence-corrected chi connectivity index (χ3v) is 4.54. The zero-order valence-electron chi connectivity index (χ0n) is 12.7. The molecule has 1 unspecified atom stereocenters. The molecule has 2 N–H and O–H groups in total. The minimum atomic E-state index is -0.485. The Bertz CT molecular complexity index is 618. The van der Waals surface area contributed by atoms with E-state index in [1.807, 2.05) is 0 Å². The standard InChI is InChI=1S/C17H21FN4/c18-7-8-20-17(21-11-19)22-16-6-5-14-9-12-3-1-2-4-13(12)10-15(14)16/h9-10,16H,1-8H2,(H2,20,21,22). The van der Waals surface area contributed by atoms with E-state index in [9.17, 15) is 4.39 Å². The van der Waals surface area contributed by atoms with Gasteiger partial charge in [0.2, 0.25) is 12.2 Å². The number of benzene rings is 1. The van der Waals surface area contributed by atoms with Gasteiger partial charge in [0, 0.05) is 6.54 Å². The Labute approximate surface area is 130 Å². The average Bonchev–Trinajstić information content (AvgIpc) is 2.92. The summed E-state index contributed by atoms with van der Waals surface area (Å²) in [6.07, 6.45) is 8.71. The lowest BCUT2D eigenvalue weighted by Gasteiger charge is -2.21. The molecule has 22 heavy (non-hydrogen) atoms. The van der Waals surface area contributed by atoms with Crippen LogP contribution in [0.25, 0.3) is 0 Å². The maximum Gasteiger partial charge on any atom is 0.209 e. The number of hydrogen-bond donors (Lipinski definition) is 2. The van der Waals surface area contributed by atoms with E-state index in [0.717, 1.165) is 19.3 Å². The Balaban J connectivity index is 1.78. The van der Waals surface area contributed by atoms with E-state index in [1.165, 1.54) is 41.5 Å². The highest BCUT2D eigenvalue weighted by molar-refractivity contribution is 5.81. The number of hydrogen-bond acceptors (Lipinski definition) is 2. The molecule has 2 aliphatic carbocycles. The fourth-order valence-corrected chi connectivity index (χ4v) is 3.51. The summed E-state index contributed by atoms with van der Waals surface area (Å²) in [5.74, 6) is 0.371. The third-order valence-electron chi connectivity index (χ3n) is 4.54. The number of nitrogens with one attached hydrogen (secondary N) is 2. The number of nitrogens with zero attached hydrogens (tertiary/aromatic N) is 2. The van der Waals surface area contributed by atoms with Crippen molar-refractivity contribution in [2.75, 3.05) is 13.2 Å². The maximum absolute atomic E-state index is 12.3. The van der Waals surface area contributed by atoms with Crippen molar-refractivity contribution in [3.63, 3.8) is 0 Å². The number of aliphatic imine (C=N–C) groups is 1. The summed E-state index contributed by atoms with van der Waals surface area (Å²) in [4.78, 5) is 3.72. The number of rotatable bonds is 3. The highest BCUT2D eigenvalue weighted by atomic mass is 19.1. The van der Waals surface area contributed by atoms with Crippen LogP contribution in [-0.4, -0.2) is 19.2 Å². The molecule has 0 aromatic heterocycles. The van der Waals surface area contributed by atoms with Crippen molar-refractivity contribution in [1.29, 1.82) is 5.26 Å². The number of aryl methyl sites for hydroxylation is 3. The normalized spacial score (nSPS) is 20.0. The van der Waals surface area contributed by atoms with E-state index in [1.54, 1.807) is 6.19 Å². The highest BCUT2D eigenvalue weighted by Gasteiger charge is 2.25. The van der Waals surface area contributed by atoms with Crippen LogP contribution >= 0.6 is 0 Å². The summed E-state index contributed by atoms with van der Waals surface area (Å²) in [7, 11) is 0. The molecule has 0 amide bonds. The predicted octanol–water partition coefficient (Wildman–Crippen LogP) is 2.54. The van der Waals surface area contributed by atoms with Gasteiger partial charge in [-0.25, -0.2) is 4.39 Å². The van der Waals surface area contributed by atoms with Gasteiger partial charge >= 0.3 is 0 Å². The van der Waals surface area contributed by atoms with Gasteiger partial charge < -0.3 is 10.6 Å². The molecular formula is C17H21FN4. The lowest BCUT2D eigenvalue weighted by molar-refractivity contribution is 0.487. The first kappa shape index (κ1) is 14.8. The summed E-state index contributed by atoms with van der Waals surface area (Å²) in [6.45, 7) is -0.321. The SMILES string of the molecule is N#C/N=C(\NCCF)NC1CCc2cc3c(cc21)CCCC3. The Hall–Kier alpha value is -2.09. The largest absolute Gasteiger partial charge is 0.353 e. The molecule has 0 spiro atoms. The van der Waals surface area contributed by atoms with Gasteiger partial charge in [-0.1, -0.05) is 12.1 Å². The molecular weight excluding hydrogens is 279 g/mol. The fourth-order valence-electron chi connectivity index (χ4n) is 3.51. The molecule has 0 aliphatic heterocycles. The topological polar surface area (TPSA) is 60.2 Å². The van der Waals surface area contributed by atoms with Crippen LogP contribution in [0, 0.1) is 11.5 Å². The van der Waals surface area contributed by atoms with E-state index >= 15 is 0 Å². The molecule has 1 aromatic rings. The van der Waals surface area contributed by atoms with Crippen LogP contribution in [0.4, 0.5) is 4.39 Å². The first-order valence-corrected chi connectivity index (χ1v) is 7.99. The molecule has 1 aromatic carbocycles. The Morgan fingerprint density at radius 2 is 2.00 bits per heavy atom. The van der Waals surface area contributed by atoms with Gasteiger partial charge in [0.05, 0.1) is 6.04 Å². The summed E-state index contributed by atoms with van der Waals surface area (Å²) >= 11 is 0. The second-order valence-corrected chi connectivity index (χ2v) is 5.94. The minimum Gasteiger partial charge on any atom is -0.353 e. The summed E-state index contributed by atoms with van der Waals surface area (Å²) in [5, 5.41) is 14.8. The smallest absolute Gasteiger partial charge is 0.209 e. The lowest BCUT2D eigenvalue weighted by Crippen LogP contribution is -2.39. The van der Waals surface area contributed by atoms with Gasteiger partial charge in [0.1, 0.15) is 6.67 Å². The first-order chi connectivity index (χ1) is 10.8. The van der Waals surface area contributed by atoms with Gasteiger partial charge in [-0.05, 0) is 60.8 Å². The van der Waals surface area contributed by atoms with E-state index in [4.69, 9.17) is 5.26 Å². The molecule has 4 nitrogen and oxygen atoms in total. The number of guanidine groups is 1. The molecule has 0 radical (unpaired) electrons. The van der Waals surface area contributed by atoms with Crippen molar-refractivity contribution in [2.45, 2.75) is 44.6 Å². The first-order valence-electron chi connectivity index (χ1n) is 7.99. The third kappa shape index (κ3) is 3.06. The zero-order chi connectivity index (χ0) is 15.4. The predicted molar refractivity (Wildman–Crippen MR) is 84.3 cm³/mol. The number of nitriles is 1. The monoisotopic (exact) mass is 300 g/mol. The molecule has 5 heteroatoms. The van der Waals surface area contributed by atoms with E-state index < -0.39 is 6.67 Å². The van der Waals surface area contributed by atoms with E-state index in [0.29, 0.717) is 5.96 Å². The van der Waals surface area contributed by atoms with Crippen LogP contribution in [0.15, 0.2) is 17.1 Å². The van der Waals surface area contributed by atoms with Crippen LogP contribution in [0.2, 0.25) is 0 Å². The van der Waals surface area contributed by atoms with Crippen molar-refractivity contribution in [2.24, 2.45) is 4.99 Å². The molecule has 0 heterocycles. The van der Waals surface area contributed by atoms with Crippen molar-refractivity contribution in [3.05, 3.63) is 34.4 Å². The van der Waals surface area contributed by atoms with Crippen molar-refractivity contribution in [1.82, 2.24) is 10.6 Å². The molecule has 116 valence electrons. The molecule has 0 saturated heterocycles. The van der Waals surface area contributed by atoms with Crippen molar-refractivity contribution in [3.8, 4) is 6.19 Å². The number of halogens is 1. The Morgan fingerprint density at radius 1 is 1.23 bits per heavy atom. The second-order valence-electron chi connectivity index (χ2n) is 5.94. The molecule has 0 fully saturated rings. The average molecular weight is 300 g/mol. The van der Waals surface area contributed by atoms with Gasteiger partial charge in [0.15, 0.2) is 0 Å². The van der Waals surface area contributed by atoms with Crippen LogP contribution in [0.5, 0.6) is 0 Å². The molecule has 1 atom stereocenters. The summed E-state index contributed by atoms with van der Waals surface area (Å²) in [6, 6.07) is 4.84. The Kier molecular flexibility index (Phi) is 4.57. The van der Waals surface area contributed by atoms with E-state index in [2.05, 4.69) is 27.8 Å². The lowest BCUT2D eigenvalue weighted by atomic mass is 9.88. The van der Waals surface area contributed by atoms with Crippen LogP contribution in [-0.2, 0) is 19.3 Å². The van der Waals surface area contributed by atoms with Crippen molar-refractivity contribution < 1.29 is 4.39 Å². The molecule has 0 saturated carbocycles. The molecule has 3 rings (SSSR count). The molecule has 0 bridgehead atoms. The highest BCUT2D eigenvalue weighted by Crippen LogP contribution is 2.35. The quantitative estimate of drug-likeness (QED) is 0.512. The fraction of sp³-hybridized carbons (Fsp3) is 0.529. The Morgan fingerprint density at radius 3 is 2.73 bits per heavy atom. The van der Waals surface area contributed by atoms with Gasteiger partial charge in [0.25, 0.3) is 0 Å². The maximum atomic E-state index is 12.3. The number of alkyl halides is 1. The van der Waals surface area contributed by atoms with Crippen LogP contribution in [0.1, 0.15) is 47.6 Å². The summed E-state index contributed by atoms with van der Waals surface area (Å²) < 4.78 is 12.3. The van der Waals surface area contributed by atoms with Gasteiger partial charge in [-0.3, -0.25) is 0 Å². The summed E-state index contributed by atoms with van der Waals surface area (Å²) in [5.41, 5.74) is 5.69. The van der Waals surface area contributed by atoms with Crippen LogP contribution < -0.4 is 10.6 Å². The van der Waals surface area contributed by atoms with Crippen LogP contribution in [0.3, 0.4) is 0 Å². The van der Waals surface area contributed by atoms with E-state index in [-0.39, 0.29) is 12.6 Å². The minimum absolute atomic E-state index is 0.154. The number of fused-ring (bicyclic) bond motifs is 2. The second kappa shape index (κ2) is 6.78. The van der Waals surface area contributed by atoms with Gasteiger partial charge in [-0.2, -0.15) is 5.26 Å². The zero-order valence-corrected chi connectivity index (χ0v) is 12.7. The van der Waals surface area contributed by atoms with Gasteiger partial charge in [-0.15, -0.1) is 4.99 Å².